The van der Waals surface area contributed by atoms with Crippen LogP contribution < -0.4 is 4.72 Å². The van der Waals surface area contributed by atoms with Gasteiger partial charge in [-0.15, -0.1) is 0 Å². The van der Waals surface area contributed by atoms with E-state index in [2.05, 4.69) is 29.0 Å². The summed E-state index contributed by atoms with van der Waals surface area (Å²) >= 11 is 0. The molecule has 1 aromatic rings. The lowest BCUT2D eigenvalue weighted by atomic mass is 9.91. The van der Waals surface area contributed by atoms with E-state index in [9.17, 15) is 8.42 Å². The standard InChI is InChI=1S/C14H22N2O2S/c1-16(2)19(17,18)15-11-10-14(13-8-9-13)12-6-4-3-5-7-12/h3-7,13-15H,8-11H2,1-2H3. The maximum atomic E-state index is 11.6. The number of benzene rings is 1. The summed E-state index contributed by atoms with van der Waals surface area (Å²) in [5.41, 5.74) is 1.33. The molecule has 1 aromatic carbocycles. The van der Waals surface area contributed by atoms with Crippen molar-refractivity contribution in [1.82, 2.24) is 9.03 Å². The lowest BCUT2D eigenvalue weighted by Gasteiger charge is -2.18. The third kappa shape index (κ3) is 4.03. The van der Waals surface area contributed by atoms with Crippen LogP contribution in [0.1, 0.15) is 30.7 Å². The maximum Gasteiger partial charge on any atom is 0.278 e. The van der Waals surface area contributed by atoms with E-state index in [-0.39, 0.29) is 0 Å². The van der Waals surface area contributed by atoms with Crippen LogP contribution >= 0.6 is 0 Å². The summed E-state index contributed by atoms with van der Waals surface area (Å²) in [6, 6.07) is 10.4. The Morgan fingerprint density at radius 3 is 2.42 bits per heavy atom. The minimum absolute atomic E-state index is 0.478. The van der Waals surface area contributed by atoms with Crippen molar-refractivity contribution < 1.29 is 8.42 Å². The highest BCUT2D eigenvalue weighted by atomic mass is 32.2. The first-order chi connectivity index (χ1) is 9.00. The lowest BCUT2D eigenvalue weighted by molar-refractivity contribution is 0.493. The van der Waals surface area contributed by atoms with Crippen LogP contribution in [-0.4, -0.2) is 33.4 Å². The van der Waals surface area contributed by atoms with Gasteiger partial charge in [0.15, 0.2) is 0 Å². The van der Waals surface area contributed by atoms with Gasteiger partial charge in [-0.25, -0.2) is 4.72 Å². The van der Waals surface area contributed by atoms with Crippen molar-refractivity contribution in [2.24, 2.45) is 5.92 Å². The fourth-order valence-corrected chi connectivity index (χ4v) is 2.98. The predicted octanol–water partition coefficient (Wildman–Crippen LogP) is 1.97. The van der Waals surface area contributed by atoms with Gasteiger partial charge in [-0.05, 0) is 36.7 Å². The molecule has 0 amide bonds. The molecule has 106 valence electrons. The number of hydrogen-bond acceptors (Lipinski definition) is 2. The lowest BCUT2D eigenvalue weighted by Crippen LogP contribution is -2.36. The zero-order chi connectivity index (χ0) is 13.9. The molecule has 1 atom stereocenters. The van der Waals surface area contributed by atoms with E-state index in [1.165, 1.54) is 36.8 Å². The van der Waals surface area contributed by atoms with Gasteiger partial charge in [0, 0.05) is 20.6 Å². The van der Waals surface area contributed by atoms with Gasteiger partial charge in [0.25, 0.3) is 10.2 Å². The first-order valence-corrected chi connectivity index (χ1v) is 8.17. The summed E-state index contributed by atoms with van der Waals surface area (Å²) < 4.78 is 27.1. The zero-order valence-corrected chi connectivity index (χ0v) is 12.4. The zero-order valence-electron chi connectivity index (χ0n) is 11.5. The van der Waals surface area contributed by atoms with Gasteiger partial charge in [-0.1, -0.05) is 30.3 Å². The molecule has 4 nitrogen and oxygen atoms in total. The van der Waals surface area contributed by atoms with Crippen LogP contribution in [0.4, 0.5) is 0 Å². The molecular weight excluding hydrogens is 260 g/mol. The van der Waals surface area contributed by atoms with Crippen LogP contribution in [0.15, 0.2) is 30.3 Å². The summed E-state index contributed by atoms with van der Waals surface area (Å²) in [7, 11) is -0.219. The molecule has 1 aliphatic rings. The van der Waals surface area contributed by atoms with E-state index in [1.807, 2.05) is 6.07 Å². The second-order valence-electron chi connectivity index (χ2n) is 5.33. The highest BCUT2D eigenvalue weighted by Gasteiger charge is 2.32. The second kappa shape index (κ2) is 6.03. The largest absolute Gasteiger partial charge is 0.278 e. The molecule has 1 N–H and O–H groups in total. The van der Waals surface area contributed by atoms with E-state index >= 15 is 0 Å². The molecule has 0 radical (unpaired) electrons. The number of nitrogens with one attached hydrogen (secondary N) is 1. The van der Waals surface area contributed by atoms with E-state index in [1.54, 1.807) is 0 Å². The summed E-state index contributed by atoms with van der Waals surface area (Å²) in [5, 5.41) is 0. The van der Waals surface area contributed by atoms with Crippen molar-refractivity contribution in [3.63, 3.8) is 0 Å². The molecule has 0 aliphatic heterocycles. The van der Waals surface area contributed by atoms with E-state index in [0.717, 1.165) is 12.3 Å². The number of nitrogens with zero attached hydrogens (tertiary/aromatic N) is 1. The predicted molar refractivity (Wildman–Crippen MR) is 77.1 cm³/mol. The van der Waals surface area contributed by atoms with Crippen molar-refractivity contribution in [3.8, 4) is 0 Å². The Labute approximate surface area is 116 Å². The topological polar surface area (TPSA) is 49.4 Å². The van der Waals surface area contributed by atoms with Crippen molar-refractivity contribution in [2.75, 3.05) is 20.6 Å². The average molecular weight is 282 g/mol. The van der Waals surface area contributed by atoms with Gasteiger partial charge >= 0.3 is 0 Å². The Morgan fingerprint density at radius 1 is 1.26 bits per heavy atom. The molecule has 0 spiro atoms. The highest BCUT2D eigenvalue weighted by molar-refractivity contribution is 7.87. The Kier molecular flexibility index (Phi) is 4.60. The summed E-state index contributed by atoms with van der Waals surface area (Å²) in [6.45, 7) is 0.497. The van der Waals surface area contributed by atoms with Gasteiger partial charge < -0.3 is 0 Å². The molecular formula is C14H22N2O2S. The summed E-state index contributed by atoms with van der Waals surface area (Å²) in [4.78, 5) is 0. The van der Waals surface area contributed by atoms with Crippen molar-refractivity contribution >= 4 is 10.2 Å². The highest BCUT2D eigenvalue weighted by Crippen LogP contribution is 2.44. The normalized spacial score (nSPS) is 17.6. The molecule has 1 saturated carbocycles. The minimum Gasteiger partial charge on any atom is -0.202 e. The Balaban J connectivity index is 1.93. The van der Waals surface area contributed by atoms with Crippen LogP contribution in [0.2, 0.25) is 0 Å². The number of rotatable bonds is 7. The molecule has 1 aliphatic carbocycles. The summed E-state index contributed by atoms with van der Waals surface area (Å²) in [6.07, 6.45) is 3.39. The van der Waals surface area contributed by atoms with Crippen LogP contribution in [0.3, 0.4) is 0 Å². The molecule has 0 bridgehead atoms. The molecule has 2 rings (SSSR count). The fraction of sp³-hybridized carbons (Fsp3) is 0.571. The van der Waals surface area contributed by atoms with Gasteiger partial charge in [0.2, 0.25) is 0 Å². The molecule has 1 unspecified atom stereocenters. The minimum atomic E-state index is -3.30. The Hall–Kier alpha value is -0.910. The van der Waals surface area contributed by atoms with Crippen LogP contribution in [0.5, 0.6) is 0 Å². The Morgan fingerprint density at radius 2 is 1.89 bits per heavy atom. The van der Waals surface area contributed by atoms with E-state index in [4.69, 9.17) is 0 Å². The van der Waals surface area contributed by atoms with Crippen molar-refractivity contribution in [2.45, 2.75) is 25.2 Å². The first-order valence-electron chi connectivity index (χ1n) is 6.73. The first kappa shape index (κ1) is 14.5. The number of hydrogen-bond donors (Lipinski definition) is 1. The smallest absolute Gasteiger partial charge is 0.202 e. The van der Waals surface area contributed by atoms with Crippen LogP contribution in [-0.2, 0) is 10.2 Å². The van der Waals surface area contributed by atoms with Crippen molar-refractivity contribution in [1.29, 1.82) is 0 Å². The average Bonchev–Trinajstić information content (AvgIpc) is 3.20. The summed E-state index contributed by atoms with van der Waals surface area (Å²) in [5.74, 6) is 1.21. The maximum absolute atomic E-state index is 11.6. The SMILES string of the molecule is CN(C)S(=O)(=O)NCCC(c1ccccc1)C1CC1. The third-order valence-corrected chi connectivity index (χ3v) is 5.17. The van der Waals surface area contributed by atoms with Gasteiger partial charge in [-0.2, -0.15) is 12.7 Å². The molecule has 1 fully saturated rings. The monoisotopic (exact) mass is 282 g/mol. The molecule has 19 heavy (non-hydrogen) atoms. The quantitative estimate of drug-likeness (QED) is 0.831. The van der Waals surface area contributed by atoms with Crippen molar-refractivity contribution in [3.05, 3.63) is 35.9 Å². The van der Waals surface area contributed by atoms with Crippen LogP contribution in [0.25, 0.3) is 0 Å². The van der Waals surface area contributed by atoms with E-state index in [0.29, 0.717) is 12.5 Å². The van der Waals surface area contributed by atoms with E-state index < -0.39 is 10.2 Å². The molecule has 0 aromatic heterocycles. The van der Waals surface area contributed by atoms with Gasteiger partial charge in [-0.3, -0.25) is 0 Å². The third-order valence-electron chi connectivity index (χ3n) is 3.64. The van der Waals surface area contributed by atoms with Crippen LogP contribution in [0, 0.1) is 5.92 Å². The molecule has 0 heterocycles. The molecule has 0 saturated heterocycles. The van der Waals surface area contributed by atoms with Gasteiger partial charge in [0.05, 0.1) is 0 Å². The van der Waals surface area contributed by atoms with Gasteiger partial charge in [0.1, 0.15) is 0 Å². The molecule has 5 heteroatoms. The second-order valence-corrected chi connectivity index (χ2v) is 7.29. The fourth-order valence-electron chi connectivity index (χ4n) is 2.35. The Bertz CT molecular complexity index is 495.